The fourth-order valence-electron chi connectivity index (χ4n) is 4.51. The Labute approximate surface area is 153 Å². The number of thiazole rings is 1. The van der Waals surface area contributed by atoms with E-state index in [1.165, 1.54) is 11.3 Å². The average Bonchev–Trinajstić information content (AvgIpc) is 3.34. The summed E-state index contributed by atoms with van der Waals surface area (Å²) in [4.78, 5) is 43.2. The van der Waals surface area contributed by atoms with Crippen molar-refractivity contribution in [2.75, 3.05) is 11.9 Å². The van der Waals surface area contributed by atoms with Crippen molar-refractivity contribution >= 4 is 44.4 Å². The summed E-state index contributed by atoms with van der Waals surface area (Å²) >= 11 is 1.39. The van der Waals surface area contributed by atoms with Gasteiger partial charge in [0.15, 0.2) is 5.13 Å². The first-order valence-corrected chi connectivity index (χ1v) is 9.53. The molecular weight excluding hydrogens is 350 g/mol. The Morgan fingerprint density at radius 2 is 1.92 bits per heavy atom. The summed E-state index contributed by atoms with van der Waals surface area (Å²) in [6, 6.07) is 5.89. The van der Waals surface area contributed by atoms with Gasteiger partial charge in [-0.2, -0.15) is 0 Å². The molecule has 0 radical (unpaired) electrons. The van der Waals surface area contributed by atoms with Gasteiger partial charge < -0.3 is 5.32 Å². The van der Waals surface area contributed by atoms with Crippen molar-refractivity contribution in [2.24, 2.45) is 23.7 Å². The minimum atomic E-state index is -0.386. The number of nitrogens with one attached hydrogen (secondary N) is 1. The van der Waals surface area contributed by atoms with Crippen LogP contribution >= 0.6 is 11.3 Å². The van der Waals surface area contributed by atoms with Crippen LogP contribution in [0.2, 0.25) is 0 Å². The number of benzene rings is 1. The molecule has 2 aromatic rings. The van der Waals surface area contributed by atoms with Crippen molar-refractivity contribution in [3.05, 3.63) is 35.9 Å². The largest absolute Gasteiger partial charge is 0.300 e. The monoisotopic (exact) mass is 367 g/mol. The Hall–Kier alpha value is -2.54. The van der Waals surface area contributed by atoms with Crippen molar-refractivity contribution in [1.82, 2.24) is 9.88 Å². The molecule has 2 heterocycles. The van der Waals surface area contributed by atoms with E-state index in [1.54, 1.807) is 0 Å². The zero-order valence-corrected chi connectivity index (χ0v) is 15.0. The first-order valence-electron chi connectivity index (χ1n) is 8.72. The molecule has 3 amide bonds. The number of hydrogen-bond donors (Lipinski definition) is 1. The lowest BCUT2D eigenvalue weighted by Gasteiger charge is -2.16. The Bertz CT molecular complexity index is 965. The number of carbonyl (C=O) groups is 3. The number of aromatic nitrogens is 1. The molecule has 1 saturated heterocycles. The maximum Gasteiger partial charge on any atom is 0.246 e. The lowest BCUT2D eigenvalue weighted by Crippen LogP contribution is -2.39. The molecule has 26 heavy (non-hydrogen) atoms. The van der Waals surface area contributed by atoms with Crippen molar-refractivity contribution in [2.45, 2.75) is 13.3 Å². The average molecular weight is 367 g/mol. The molecule has 1 N–H and O–H groups in total. The highest BCUT2D eigenvalue weighted by molar-refractivity contribution is 7.22. The molecule has 1 aliphatic heterocycles. The number of fused-ring (bicyclic) bond motifs is 6. The van der Waals surface area contributed by atoms with E-state index in [4.69, 9.17) is 0 Å². The van der Waals surface area contributed by atoms with Crippen LogP contribution in [0.25, 0.3) is 10.2 Å². The second kappa shape index (κ2) is 5.48. The van der Waals surface area contributed by atoms with E-state index in [-0.39, 0.29) is 47.9 Å². The molecule has 1 saturated carbocycles. The molecule has 2 bridgehead atoms. The van der Waals surface area contributed by atoms with Gasteiger partial charge in [0.25, 0.3) is 0 Å². The number of carbonyl (C=O) groups excluding carboxylic acids is 3. The van der Waals surface area contributed by atoms with Crippen LogP contribution in [-0.2, 0) is 14.4 Å². The third-order valence-corrected chi connectivity index (χ3v) is 6.59. The predicted molar refractivity (Wildman–Crippen MR) is 97.4 cm³/mol. The number of allylic oxidation sites excluding steroid dienone is 2. The third kappa shape index (κ3) is 2.23. The van der Waals surface area contributed by atoms with Gasteiger partial charge in [0.05, 0.1) is 22.1 Å². The fraction of sp³-hybridized carbons (Fsp3) is 0.368. The van der Waals surface area contributed by atoms with Crippen LogP contribution in [0.15, 0.2) is 30.4 Å². The molecule has 4 unspecified atom stereocenters. The topological polar surface area (TPSA) is 79.4 Å². The summed E-state index contributed by atoms with van der Waals surface area (Å²) in [6.45, 7) is 1.76. The lowest BCUT2D eigenvalue weighted by atomic mass is 9.85. The molecule has 3 aliphatic rings. The molecular formula is C19H17N3O3S. The van der Waals surface area contributed by atoms with Crippen molar-refractivity contribution in [1.29, 1.82) is 0 Å². The van der Waals surface area contributed by atoms with Crippen LogP contribution in [0.1, 0.15) is 12.0 Å². The predicted octanol–water partition coefficient (Wildman–Crippen LogP) is 2.35. The van der Waals surface area contributed by atoms with Crippen LogP contribution in [-0.4, -0.2) is 34.2 Å². The molecule has 6 nitrogen and oxygen atoms in total. The minimum absolute atomic E-state index is 0.155. The number of hydrogen-bond acceptors (Lipinski definition) is 5. The third-order valence-electron chi connectivity index (χ3n) is 5.65. The summed E-state index contributed by atoms with van der Waals surface area (Å²) in [5.41, 5.74) is 1.95. The smallest absolute Gasteiger partial charge is 0.246 e. The van der Waals surface area contributed by atoms with E-state index < -0.39 is 0 Å². The van der Waals surface area contributed by atoms with Crippen LogP contribution in [0.5, 0.6) is 0 Å². The van der Waals surface area contributed by atoms with Gasteiger partial charge in [-0.1, -0.05) is 29.6 Å². The van der Waals surface area contributed by atoms with Crippen molar-refractivity contribution in [3.63, 3.8) is 0 Å². The minimum Gasteiger partial charge on any atom is -0.300 e. The van der Waals surface area contributed by atoms with Crippen LogP contribution in [0.3, 0.4) is 0 Å². The molecule has 5 rings (SSSR count). The summed E-state index contributed by atoms with van der Waals surface area (Å²) in [7, 11) is 0. The molecule has 132 valence electrons. The summed E-state index contributed by atoms with van der Waals surface area (Å²) in [6.07, 6.45) is 4.98. The lowest BCUT2D eigenvalue weighted by molar-refractivity contribution is -0.143. The van der Waals surface area contributed by atoms with Gasteiger partial charge in [-0.3, -0.25) is 19.3 Å². The summed E-state index contributed by atoms with van der Waals surface area (Å²) < 4.78 is 0.991. The van der Waals surface area contributed by atoms with Crippen LogP contribution in [0, 0.1) is 30.6 Å². The zero-order chi connectivity index (χ0) is 18.0. The van der Waals surface area contributed by atoms with Crippen molar-refractivity contribution in [3.8, 4) is 0 Å². The second-order valence-corrected chi connectivity index (χ2v) is 8.33. The summed E-state index contributed by atoms with van der Waals surface area (Å²) in [5, 5.41) is 3.21. The van der Waals surface area contributed by atoms with Crippen molar-refractivity contribution < 1.29 is 14.4 Å². The maximum absolute atomic E-state index is 12.6. The van der Waals surface area contributed by atoms with Gasteiger partial charge in [-0.15, -0.1) is 0 Å². The van der Waals surface area contributed by atoms with Gasteiger partial charge >= 0.3 is 0 Å². The zero-order valence-electron chi connectivity index (χ0n) is 14.1. The molecule has 7 heteroatoms. The highest BCUT2D eigenvalue weighted by atomic mass is 32.1. The normalized spacial score (nSPS) is 29.0. The molecule has 1 aromatic carbocycles. The maximum atomic E-state index is 12.6. The highest BCUT2D eigenvalue weighted by Crippen LogP contribution is 2.52. The molecule has 2 aliphatic carbocycles. The van der Waals surface area contributed by atoms with Crippen LogP contribution < -0.4 is 5.32 Å². The van der Waals surface area contributed by atoms with E-state index in [0.29, 0.717) is 5.13 Å². The van der Waals surface area contributed by atoms with E-state index in [2.05, 4.69) is 10.3 Å². The standard InChI is InChI=1S/C19H17N3O3S/c1-9-2-5-12-13(6-9)26-19(20-12)21-14(23)8-22-17(24)15-10-3-4-11(7-10)16(15)18(22)25/h2-6,10-11,15-16H,7-8H2,1H3,(H,20,21,23). The number of nitrogens with zero attached hydrogens (tertiary/aromatic N) is 2. The fourth-order valence-corrected chi connectivity index (χ4v) is 5.49. The number of likely N-dealkylation sites (tertiary alicyclic amines) is 1. The first kappa shape index (κ1) is 15.7. The Balaban J connectivity index is 1.31. The molecule has 2 fully saturated rings. The molecule has 0 spiro atoms. The SMILES string of the molecule is Cc1ccc2nc(NC(=O)CN3C(=O)C4C5C=CC(C5)C4C3=O)sc2c1. The van der Waals surface area contributed by atoms with Gasteiger partial charge in [0.1, 0.15) is 6.54 Å². The Morgan fingerprint density at radius 1 is 1.23 bits per heavy atom. The molecule has 4 atom stereocenters. The number of rotatable bonds is 3. The van der Waals surface area contributed by atoms with E-state index in [9.17, 15) is 14.4 Å². The summed E-state index contributed by atoms with van der Waals surface area (Å²) in [5.74, 6) is -1.02. The number of imide groups is 1. The Kier molecular flexibility index (Phi) is 3.31. The second-order valence-electron chi connectivity index (χ2n) is 7.30. The first-order chi connectivity index (χ1) is 12.5. The quantitative estimate of drug-likeness (QED) is 0.667. The highest BCUT2D eigenvalue weighted by Gasteiger charge is 2.59. The number of anilines is 1. The van der Waals surface area contributed by atoms with Gasteiger partial charge in [-0.05, 0) is 42.9 Å². The molecule has 1 aromatic heterocycles. The van der Waals surface area contributed by atoms with E-state index >= 15 is 0 Å². The van der Waals surface area contributed by atoms with Gasteiger partial charge in [-0.25, -0.2) is 4.98 Å². The van der Waals surface area contributed by atoms with Gasteiger partial charge in [0, 0.05) is 0 Å². The van der Waals surface area contributed by atoms with Crippen LogP contribution in [0.4, 0.5) is 5.13 Å². The van der Waals surface area contributed by atoms with Gasteiger partial charge in [0.2, 0.25) is 17.7 Å². The van der Waals surface area contributed by atoms with E-state index in [0.717, 1.165) is 27.1 Å². The van der Waals surface area contributed by atoms with E-state index in [1.807, 2.05) is 37.3 Å². The number of aryl methyl sites for hydroxylation is 1. The number of amides is 3. The Morgan fingerprint density at radius 3 is 2.62 bits per heavy atom.